The molecule has 0 aromatic carbocycles. The number of hydrogen-bond acceptors (Lipinski definition) is 4. The van der Waals surface area contributed by atoms with Gasteiger partial charge in [0.25, 0.3) is 0 Å². The summed E-state index contributed by atoms with van der Waals surface area (Å²) in [6.07, 6.45) is 5.42. The molecule has 0 saturated carbocycles. The highest BCUT2D eigenvalue weighted by Crippen LogP contribution is 2.22. The molecule has 1 unspecified atom stereocenters. The summed E-state index contributed by atoms with van der Waals surface area (Å²) >= 11 is 0. The van der Waals surface area contributed by atoms with Crippen LogP contribution in [0.2, 0.25) is 0 Å². The van der Waals surface area contributed by atoms with E-state index in [0.29, 0.717) is 11.9 Å². The minimum Gasteiger partial charge on any atom is -0.340 e. The number of nitrogens with one attached hydrogen (secondary N) is 1. The molecule has 0 bridgehead atoms. The molecule has 1 aromatic rings. The fraction of sp³-hybridized carbons (Fsp3) is 0.727. The summed E-state index contributed by atoms with van der Waals surface area (Å²) in [6.45, 7) is 3.34. The van der Waals surface area contributed by atoms with E-state index in [9.17, 15) is 4.79 Å². The zero-order valence-electron chi connectivity index (χ0n) is 10.2. The lowest BCUT2D eigenvalue weighted by atomic mass is 9.98. The number of hydrogen-bond donors (Lipinski definition) is 1. The number of halogens is 1. The number of carbonyl (C=O) groups is 1. The van der Waals surface area contributed by atoms with E-state index in [1.54, 1.807) is 12.7 Å². The molecule has 100 valence electrons. The van der Waals surface area contributed by atoms with E-state index < -0.39 is 0 Å². The van der Waals surface area contributed by atoms with Crippen LogP contribution in [-0.4, -0.2) is 51.8 Å². The van der Waals surface area contributed by atoms with Crippen molar-refractivity contribution in [3.05, 3.63) is 12.7 Å². The fourth-order valence-electron chi connectivity index (χ4n) is 2.50. The molecule has 2 fully saturated rings. The van der Waals surface area contributed by atoms with Crippen molar-refractivity contribution >= 4 is 18.3 Å². The first kappa shape index (κ1) is 13.3. The normalized spacial score (nSPS) is 24.2. The molecule has 1 N–H and O–H groups in total. The van der Waals surface area contributed by atoms with E-state index in [0.717, 1.165) is 39.0 Å². The number of aromatic nitrogens is 3. The number of likely N-dealkylation sites (tertiary alicyclic amines) is 1. The summed E-state index contributed by atoms with van der Waals surface area (Å²) < 4.78 is 1.87. The lowest BCUT2D eigenvalue weighted by Crippen LogP contribution is -2.54. The predicted molar refractivity (Wildman–Crippen MR) is 68.5 cm³/mol. The van der Waals surface area contributed by atoms with Crippen molar-refractivity contribution < 1.29 is 4.79 Å². The van der Waals surface area contributed by atoms with Gasteiger partial charge in [-0.05, 0) is 12.8 Å². The molecule has 2 aliphatic rings. The van der Waals surface area contributed by atoms with Crippen LogP contribution in [0.5, 0.6) is 0 Å². The van der Waals surface area contributed by atoms with Crippen molar-refractivity contribution in [3.8, 4) is 0 Å². The number of amides is 1. The molecule has 3 rings (SSSR count). The van der Waals surface area contributed by atoms with Gasteiger partial charge in [-0.2, -0.15) is 5.10 Å². The van der Waals surface area contributed by atoms with Crippen LogP contribution in [0.25, 0.3) is 0 Å². The maximum atomic E-state index is 12.1. The predicted octanol–water partition coefficient (Wildman–Crippen LogP) is 0.0828. The lowest BCUT2D eigenvalue weighted by molar-refractivity contribution is -0.138. The molecule has 7 heteroatoms. The van der Waals surface area contributed by atoms with Gasteiger partial charge in [-0.1, -0.05) is 0 Å². The van der Waals surface area contributed by atoms with Gasteiger partial charge in [0.2, 0.25) is 5.91 Å². The van der Waals surface area contributed by atoms with Crippen LogP contribution in [0.3, 0.4) is 0 Å². The van der Waals surface area contributed by atoms with Crippen molar-refractivity contribution in [2.24, 2.45) is 5.92 Å². The van der Waals surface area contributed by atoms with Crippen molar-refractivity contribution in [1.82, 2.24) is 25.0 Å². The standard InChI is InChI=1S/C11H17N5O.ClH/c17-11(9-4-12-5-9)15-3-1-2-10(6-15)16-8-13-7-14-16;/h7-10,12H,1-6H2;1H. The lowest BCUT2D eigenvalue weighted by Gasteiger charge is -2.37. The van der Waals surface area contributed by atoms with Gasteiger partial charge in [-0.3, -0.25) is 4.79 Å². The Labute approximate surface area is 112 Å². The topological polar surface area (TPSA) is 63.1 Å². The molecule has 1 aromatic heterocycles. The highest BCUT2D eigenvalue weighted by Gasteiger charge is 2.32. The van der Waals surface area contributed by atoms with Crippen LogP contribution in [-0.2, 0) is 4.79 Å². The first-order chi connectivity index (χ1) is 8.34. The average molecular weight is 272 g/mol. The maximum Gasteiger partial charge on any atom is 0.228 e. The molecular formula is C11H18ClN5O. The van der Waals surface area contributed by atoms with E-state index in [1.165, 1.54) is 0 Å². The van der Waals surface area contributed by atoms with Crippen LogP contribution < -0.4 is 5.32 Å². The second-order valence-electron chi connectivity index (χ2n) is 4.81. The van der Waals surface area contributed by atoms with Crippen LogP contribution in [0.4, 0.5) is 0 Å². The molecule has 1 amide bonds. The van der Waals surface area contributed by atoms with E-state index in [4.69, 9.17) is 0 Å². The van der Waals surface area contributed by atoms with Gasteiger partial charge < -0.3 is 10.2 Å². The van der Waals surface area contributed by atoms with Crippen LogP contribution in [0, 0.1) is 5.92 Å². The Morgan fingerprint density at radius 2 is 2.22 bits per heavy atom. The molecule has 0 radical (unpaired) electrons. The summed E-state index contributed by atoms with van der Waals surface area (Å²) in [5.74, 6) is 0.498. The molecular weight excluding hydrogens is 254 g/mol. The first-order valence-electron chi connectivity index (χ1n) is 6.18. The number of carbonyl (C=O) groups excluding carboxylic acids is 1. The zero-order valence-corrected chi connectivity index (χ0v) is 11.0. The van der Waals surface area contributed by atoms with Crippen molar-refractivity contribution in [2.45, 2.75) is 18.9 Å². The molecule has 0 spiro atoms. The third-order valence-electron chi connectivity index (χ3n) is 3.65. The summed E-state index contributed by atoms with van der Waals surface area (Å²) in [6, 6.07) is 0.295. The largest absolute Gasteiger partial charge is 0.340 e. The van der Waals surface area contributed by atoms with Gasteiger partial charge in [0.1, 0.15) is 12.7 Å². The molecule has 2 saturated heterocycles. The zero-order chi connectivity index (χ0) is 11.7. The maximum absolute atomic E-state index is 12.1. The summed E-state index contributed by atoms with van der Waals surface area (Å²) in [5.41, 5.74) is 0. The second kappa shape index (κ2) is 5.67. The van der Waals surface area contributed by atoms with Crippen LogP contribution >= 0.6 is 12.4 Å². The van der Waals surface area contributed by atoms with Crippen LogP contribution in [0.15, 0.2) is 12.7 Å². The van der Waals surface area contributed by atoms with Gasteiger partial charge in [0.05, 0.1) is 12.0 Å². The number of rotatable bonds is 2. The molecule has 6 nitrogen and oxygen atoms in total. The van der Waals surface area contributed by atoms with Crippen molar-refractivity contribution in [2.75, 3.05) is 26.2 Å². The number of piperidine rings is 1. The van der Waals surface area contributed by atoms with Gasteiger partial charge >= 0.3 is 0 Å². The quantitative estimate of drug-likeness (QED) is 0.828. The van der Waals surface area contributed by atoms with E-state index >= 15 is 0 Å². The summed E-state index contributed by atoms with van der Waals surface area (Å²) in [7, 11) is 0. The monoisotopic (exact) mass is 271 g/mol. The van der Waals surface area contributed by atoms with Crippen molar-refractivity contribution in [1.29, 1.82) is 0 Å². The average Bonchev–Trinajstić information content (AvgIpc) is 2.80. The third kappa shape index (κ3) is 2.49. The summed E-state index contributed by atoms with van der Waals surface area (Å²) in [4.78, 5) is 18.1. The summed E-state index contributed by atoms with van der Waals surface area (Å²) in [5, 5.41) is 7.31. The Morgan fingerprint density at radius 3 is 2.83 bits per heavy atom. The molecule has 0 aliphatic carbocycles. The van der Waals surface area contributed by atoms with Gasteiger partial charge in [0, 0.05) is 26.2 Å². The van der Waals surface area contributed by atoms with E-state index in [1.807, 2.05) is 9.58 Å². The Kier molecular flexibility index (Phi) is 4.19. The molecule has 1 atom stereocenters. The Bertz CT molecular complexity index is 392. The highest BCUT2D eigenvalue weighted by molar-refractivity contribution is 5.85. The smallest absolute Gasteiger partial charge is 0.228 e. The third-order valence-corrected chi connectivity index (χ3v) is 3.65. The van der Waals surface area contributed by atoms with Gasteiger partial charge in [-0.25, -0.2) is 9.67 Å². The highest BCUT2D eigenvalue weighted by atomic mass is 35.5. The second-order valence-corrected chi connectivity index (χ2v) is 4.81. The Morgan fingerprint density at radius 1 is 1.39 bits per heavy atom. The Hall–Kier alpha value is -1.14. The van der Waals surface area contributed by atoms with E-state index in [2.05, 4.69) is 15.4 Å². The first-order valence-corrected chi connectivity index (χ1v) is 6.18. The Balaban J connectivity index is 0.00000120. The van der Waals surface area contributed by atoms with Gasteiger partial charge in [-0.15, -0.1) is 12.4 Å². The molecule has 18 heavy (non-hydrogen) atoms. The molecule has 2 aliphatic heterocycles. The fourth-order valence-corrected chi connectivity index (χ4v) is 2.50. The number of nitrogens with zero attached hydrogens (tertiary/aromatic N) is 4. The minimum absolute atomic E-state index is 0. The van der Waals surface area contributed by atoms with Gasteiger partial charge in [0.15, 0.2) is 0 Å². The van der Waals surface area contributed by atoms with Crippen molar-refractivity contribution in [3.63, 3.8) is 0 Å². The molecule has 3 heterocycles. The minimum atomic E-state index is 0. The SMILES string of the molecule is Cl.O=C(C1CNC1)N1CCCC(n2cncn2)C1. The van der Waals surface area contributed by atoms with Crippen LogP contribution in [0.1, 0.15) is 18.9 Å². The van der Waals surface area contributed by atoms with E-state index in [-0.39, 0.29) is 18.3 Å².